The molecular weight excluding hydrogens is 380 g/mol. The third-order valence-electron chi connectivity index (χ3n) is 5.00. The Bertz CT molecular complexity index is 499. The molecule has 0 saturated carbocycles. The van der Waals surface area contributed by atoms with Crippen LogP contribution in [0.4, 0.5) is 0 Å². The van der Waals surface area contributed by atoms with Crippen LogP contribution in [0.2, 0.25) is 0 Å². The minimum atomic E-state index is -1.52. The van der Waals surface area contributed by atoms with E-state index in [4.69, 9.17) is 0 Å². The molecule has 0 heterocycles. The molecule has 0 aliphatic carbocycles. The minimum absolute atomic E-state index is 0.00923. The fourth-order valence-electron chi connectivity index (χ4n) is 3.17. The Kier molecular flexibility index (Phi) is 15.9. The summed E-state index contributed by atoms with van der Waals surface area (Å²) in [5.74, 6) is 0. The quantitative estimate of drug-likeness (QED) is 0.108. The van der Waals surface area contributed by atoms with E-state index in [0.717, 1.165) is 38.4 Å². The van der Waals surface area contributed by atoms with Gasteiger partial charge in [0.1, 0.15) is 18.5 Å². The first-order valence-electron chi connectivity index (χ1n) is 10.6. The van der Waals surface area contributed by atoms with E-state index in [1.807, 2.05) is 0 Å². The van der Waals surface area contributed by atoms with Crippen LogP contribution in [0.15, 0.2) is 12.2 Å². The zero-order chi connectivity index (χ0) is 22.1. The highest BCUT2D eigenvalue weighted by molar-refractivity contribution is 5.48. The maximum atomic E-state index is 11.4. The number of hydrogen-bond acceptors (Lipinski definition) is 7. The average molecular weight is 417 g/mol. The Hall–Kier alpha value is -1.87. The SMILES string of the molecule is CCCCCCCCC(O)C(CC(C(O)C/C=C\CCCC=O)[N+](=O)[O-])[N+](=O)[O-]. The second-order valence-electron chi connectivity index (χ2n) is 7.44. The molecule has 2 N–H and O–H groups in total. The van der Waals surface area contributed by atoms with Crippen molar-refractivity contribution in [1.82, 2.24) is 0 Å². The number of carbonyl (C=O) groups excluding carboxylic acids is 1. The van der Waals surface area contributed by atoms with Crippen molar-refractivity contribution in [3.63, 3.8) is 0 Å². The zero-order valence-corrected chi connectivity index (χ0v) is 17.4. The maximum Gasteiger partial charge on any atom is 0.245 e. The topological polar surface area (TPSA) is 144 Å². The van der Waals surface area contributed by atoms with Gasteiger partial charge in [-0.3, -0.25) is 20.2 Å². The molecule has 9 heteroatoms. The number of hydrogen-bond donors (Lipinski definition) is 2. The molecule has 0 aliphatic heterocycles. The lowest BCUT2D eigenvalue weighted by atomic mass is 9.94. The zero-order valence-electron chi connectivity index (χ0n) is 17.4. The number of aliphatic hydroxyl groups is 2. The lowest BCUT2D eigenvalue weighted by Gasteiger charge is -2.20. The van der Waals surface area contributed by atoms with Gasteiger partial charge in [-0.2, -0.15) is 0 Å². The second kappa shape index (κ2) is 17.0. The smallest absolute Gasteiger partial charge is 0.245 e. The van der Waals surface area contributed by atoms with Gasteiger partial charge in [-0.1, -0.05) is 57.6 Å². The van der Waals surface area contributed by atoms with Crippen LogP contribution in [-0.4, -0.2) is 50.6 Å². The van der Waals surface area contributed by atoms with E-state index in [9.17, 15) is 35.2 Å². The van der Waals surface area contributed by atoms with Crippen LogP contribution in [0.3, 0.4) is 0 Å². The number of aldehydes is 1. The van der Waals surface area contributed by atoms with Crippen molar-refractivity contribution in [2.24, 2.45) is 0 Å². The van der Waals surface area contributed by atoms with E-state index in [-0.39, 0.29) is 12.8 Å². The minimum Gasteiger partial charge on any atom is -0.386 e. The summed E-state index contributed by atoms with van der Waals surface area (Å²) >= 11 is 0. The summed E-state index contributed by atoms with van der Waals surface area (Å²) in [4.78, 5) is 31.5. The first-order valence-corrected chi connectivity index (χ1v) is 10.6. The van der Waals surface area contributed by atoms with Crippen LogP contribution in [0.1, 0.15) is 84.0 Å². The summed E-state index contributed by atoms with van der Waals surface area (Å²) in [5, 5.41) is 43.0. The standard InChI is InChI=1S/C20H36N2O7/c1-2-3-4-5-7-10-13-19(24)17(21(26)27)16-18(22(28)29)20(25)14-11-8-6-9-12-15-23/h8,11,15,17-20,24-25H,2-7,9-10,12-14,16H2,1H3/b11-8-. The second-order valence-corrected chi connectivity index (χ2v) is 7.44. The normalized spacial score (nSPS) is 15.7. The van der Waals surface area contributed by atoms with Crippen molar-refractivity contribution in [2.45, 2.75) is 108 Å². The van der Waals surface area contributed by atoms with Gasteiger partial charge in [0.05, 0.1) is 6.42 Å². The fourth-order valence-corrected chi connectivity index (χ4v) is 3.17. The summed E-state index contributed by atoms with van der Waals surface area (Å²) in [7, 11) is 0. The fraction of sp³-hybridized carbons (Fsp3) is 0.850. The van der Waals surface area contributed by atoms with Crippen molar-refractivity contribution in [3.05, 3.63) is 32.4 Å². The lowest BCUT2D eigenvalue weighted by Crippen LogP contribution is -2.43. The molecule has 0 spiro atoms. The first kappa shape index (κ1) is 27.1. The van der Waals surface area contributed by atoms with Crippen molar-refractivity contribution in [2.75, 3.05) is 0 Å². The molecule has 4 unspecified atom stereocenters. The lowest BCUT2D eigenvalue weighted by molar-refractivity contribution is -0.573. The van der Waals surface area contributed by atoms with Crippen LogP contribution in [0.25, 0.3) is 0 Å². The van der Waals surface area contributed by atoms with E-state index in [2.05, 4.69) is 6.92 Å². The highest BCUT2D eigenvalue weighted by Gasteiger charge is 2.40. The molecule has 9 nitrogen and oxygen atoms in total. The molecule has 0 aliphatic rings. The van der Waals surface area contributed by atoms with E-state index >= 15 is 0 Å². The van der Waals surface area contributed by atoms with Crippen LogP contribution < -0.4 is 0 Å². The van der Waals surface area contributed by atoms with Gasteiger partial charge in [-0.25, -0.2) is 0 Å². The number of allylic oxidation sites excluding steroid dienone is 1. The Labute approximate surface area is 172 Å². The predicted molar refractivity (Wildman–Crippen MR) is 110 cm³/mol. The molecule has 0 fully saturated rings. The molecule has 0 radical (unpaired) electrons. The first-order chi connectivity index (χ1) is 13.8. The van der Waals surface area contributed by atoms with E-state index in [1.54, 1.807) is 12.2 Å². The molecule has 0 saturated heterocycles. The van der Waals surface area contributed by atoms with Gasteiger partial charge in [0.25, 0.3) is 0 Å². The van der Waals surface area contributed by atoms with Crippen molar-refractivity contribution < 1.29 is 24.9 Å². The van der Waals surface area contributed by atoms with Crippen LogP contribution in [0.5, 0.6) is 0 Å². The number of aliphatic hydroxyl groups excluding tert-OH is 2. The monoisotopic (exact) mass is 416 g/mol. The van der Waals surface area contributed by atoms with Crippen LogP contribution in [0, 0.1) is 20.2 Å². The van der Waals surface area contributed by atoms with Gasteiger partial charge in [0.2, 0.25) is 12.1 Å². The predicted octanol–water partition coefficient (Wildman–Crippen LogP) is 3.46. The summed E-state index contributed by atoms with van der Waals surface area (Å²) in [5.41, 5.74) is 0. The highest BCUT2D eigenvalue weighted by Crippen LogP contribution is 2.19. The Balaban J connectivity index is 4.63. The van der Waals surface area contributed by atoms with Crippen molar-refractivity contribution in [3.8, 4) is 0 Å². The molecule has 0 amide bonds. The molecule has 0 aromatic rings. The summed E-state index contributed by atoms with van der Waals surface area (Å²) in [6.07, 6.45) is 8.67. The molecule has 0 aromatic carbocycles. The van der Waals surface area contributed by atoms with Crippen molar-refractivity contribution >= 4 is 6.29 Å². The van der Waals surface area contributed by atoms with E-state index < -0.39 is 40.6 Å². The Morgan fingerprint density at radius 1 is 0.828 bits per heavy atom. The highest BCUT2D eigenvalue weighted by atomic mass is 16.6. The molecular formula is C20H36N2O7. The molecule has 4 atom stereocenters. The number of unbranched alkanes of at least 4 members (excludes halogenated alkanes) is 7. The van der Waals surface area contributed by atoms with Gasteiger partial charge in [-0.05, 0) is 25.7 Å². The third-order valence-corrected chi connectivity index (χ3v) is 5.00. The van der Waals surface area contributed by atoms with Gasteiger partial charge in [0.15, 0.2) is 0 Å². The summed E-state index contributed by atoms with van der Waals surface area (Å²) < 4.78 is 0. The summed E-state index contributed by atoms with van der Waals surface area (Å²) in [6.45, 7) is 2.11. The average Bonchev–Trinajstić information content (AvgIpc) is 2.66. The number of nitrogens with zero attached hydrogens (tertiary/aromatic N) is 2. The number of carbonyl (C=O) groups is 1. The van der Waals surface area contributed by atoms with E-state index in [0.29, 0.717) is 25.7 Å². The summed E-state index contributed by atoms with van der Waals surface area (Å²) in [6, 6.07) is -3.00. The molecule has 0 aromatic heterocycles. The molecule has 29 heavy (non-hydrogen) atoms. The molecule has 168 valence electrons. The van der Waals surface area contributed by atoms with Crippen molar-refractivity contribution in [1.29, 1.82) is 0 Å². The Morgan fingerprint density at radius 3 is 2.00 bits per heavy atom. The molecule has 0 rings (SSSR count). The largest absolute Gasteiger partial charge is 0.386 e. The van der Waals surface area contributed by atoms with E-state index in [1.165, 1.54) is 0 Å². The van der Waals surface area contributed by atoms with Crippen LogP contribution in [-0.2, 0) is 4.79 Å². The van der Waals surface area contributed by atoms with Gasteiger partial charge < -0.3 is 15.0 Å². The van der Waals surface area contributed by atoms with Gasteiger partial charge in [0, 0.05) is 16.3 Å². The molecule has 0 bridgehead atoms. The van der Waals surface area contributed by atoms with Gasteiger partial charge >= 0.3 is 0 Å². The maximum absolute atomic E-state index is 11.4. The Morgan fingerprint density at radius 2 is 1.41 bits per heavy atom. The number of nitro groups is 2. The van der Waals surface area contributed by atoms with Gasteiger partial charge in [-0.15, -0.1) is 0 Å². The number of rotatable bonds is 19. The third kappa shape index (κ3) is 13.1. The van der Waals surface area contributed by atoms with Crippen LogP contribution >= 0.6 is 0 Å².